The molecule has 0 radical (unpaired) electrons. The quantitative estimate of drug-likeness (QED) is 0.778. The van der Waals surface area contributed by atoms with Gasteiger partial charge in [0.15, 0.2) is 0 Å². The number of carbonyl (C=O) groups is 2. The van der Waals surface area contributed by atoms with Gasteiger partial charge in [-0.05, 0) is 6.42 Å². The molecule has 1 aliphatic heterocycles. The molecule has 0 spiro atoms. The van der Waals surface area contributed by atoms with Gasteiger partial charge in [-0.2, -0.15) is 5.10 Å². The summed E-state index contributed by atoms with van der Waals surface area (Å²) in [6.07, 6.45) is 3.74. The molecule has 7 nitrogen and oxygen atoms in total. The largest absolute Gasteiger partial charge is 0.481 e. The standard InChI is InChI=1S/C10H14N4O3/c1-13-6-8(4-11-13)12-10(17)14-3-2-7(5-14)9(15)16/h4,6-7H,2-3,5H2,1H3,(H,12,17)(H,15,16). The van der Waals surface area contributed by atoms with Crippen LogP contribution in [0.1, 0.15) is 6.42 Å². The average Bonchev–Trinajstić information content (AvgIpc) is 2.86. The molecule has 17 heavy (non-hydrogen) atoms. The van der Waals surface area contributed by atoms with Gasteiger partial charge in [0.05, 0.1) is 17.8 Å². The summed E-state index contributed by atoms with van der Waals surface area (Å²) in [6.45, 7) is 0.741. The Kier molecular flexibility index (Phi) is 2.99. The van der Waals surface area contributed by atoms with Crippen molar-refractivity contribution in [2.45, 2.75) is 6.42 Å². The number of carbonyl (C=O) groups excluding carboxylic acids is 1. The number of carboxylic acids is 1. The van der Waals surface area contributed by atoms with Gasteiger partial charge in [-0.25, -0.2) is 4.79 Å². The Hall–Kier alpha value is -2.05. The van der Waals surface area contributed by atoms with Gasteiger partial charge >= 0.3 is 12.0 Å². The van der Waals surface area contributed by atoms with Crippen molar-refractivity contribution in [3.8, 4) is 0 Å². The minimum absolute atomic E-state index is 0.265. The number of urea groups is 1. The SMILES string of the molecule is Cn1cc(NC(=O)N2CCC(C(=O)O)C2)cn1. The normalized spacial score (nSPS) is 19.4. The van der Waals surface area contributed by atoms with Crippen molar-refractivity contribution < 1.29 is 14.7 Å². The number of aryl methyl sites for hydroxylation is 1. The van der Waals surface area contributed by atoms with Crippen LogP contribution >= 0.6 is 0 Å². The van der Waals surface area contributed by atoms with Crippen LogP contribution in [0.25, 0.3) is 0 Å². The van der Waals surface area contributed by atoms with Crippen LogP contribution in [-0.2, 0) is 11.8 Å². The van der Waals surface area contributed by atoms with Gasteiger partial charge in [0.1, 0.15) is 0 Å². The smallest absolute Gasteiger partial charge is 0.321 e. The number of rotatable bonds is 2. The maximum Gasteiger partial charge on any atom is 0.321 e. The predicted molar refractivity (Wildman–Crippen MR) is 59.5 cm³/mol. The van der Waals surface area contributed by atoms with Crippen molar-refractivity contribution in [2.75, 3.05) is 18.4 Å². The fraction of sp³-hybridized carbons (Fsp3) is 0.500. The number of carboxylic acid groups (broad SMARTS) is 1. The maximum absolute atomic E-state index is 11.8. The molecule has 1 aromatic rings. The first-order chi connectivity index (χ1) is 8.06. The molecular formula is C10H14N4O3. The summed E-state index contributed by atoms with van der Waals surface area (Å²) in [5.74, 6) is -1.30. The number of anilines is 1. The molecule has 1 aromatic heterocycles. The lowest BCUT2D eigenvalue weighted by molar-refractivity contribution is -0.141. The van der Waals surface area contributed by atoms with Crippen molar-refractivity contribution in [1.29, 1.82) is 0 Å². The molecule has 92 valence electrons. The lowest BCUT2D eigenvalue weighted by Gasteiger charge is -2.15. The van der Waals surface area contributed by atoms with Gasteiger partial charge in [0, 0.05) is 26.3 Å². The Bertz CT molecular complexity index is 443. The van der Waals surface area contributed by atoms with Crippen LogP contribution < -0.4 is 5.32 Å². The van der Waals surface area contributed by atoms with E-state index in [1.165, 1.54) is 4.90 Å². The summed E-state index contributed by atoms with van der Waals surface area (Å²) in [4.78, 5) is 24.0. The molecule has 0 bridgehead atoms. The Morgan fingerprint density at radius 1 is 1.59 bits per heavy atom. The van der Waals surface area contributed by atoms with Crippen LogP contribution in [-0.4, -0.2) is 44.9 Å². The number of hydrogen-bond donors (Lipinski definition) is 2. The van der Waals surface area contributed by atoms with Crippen molar-refractivity contribution >= 4 is 17.7 Å². The highest BCUT2D eigenvalue weighted by Gasteiger charge is 2.30. The molecule has 1 saturated heterocycles. The minimum Gasteiger partial charge on any atom is -0.481 e. The van der Waals surface area contributed by atoms with Gasteiger partial charge in [-0.1, -0.05) is 0 Å². The van der Waals surface area contributed by atoms with E-state index < -0.39 is 11.9 Å². The first-order valence-corrected chi connectivity index (χ1v) is 5.33. The summed E-state index contributed by atoms with van der Waals surface area (Å²) < 4.78 is 1.58. The minimum atomic E-state index is -0.846. The second kappa shape index (κ2) is 4.44. The van der Waals surface area contributed by atoms with Gasteiger partial charge < -0.3 is 15.3 Å². The van der Waals surface area contributed by atoms with E-state index in [0.717, 1.165) is 0 Å². The fourth-order valence-corrected chi connectivity index (χ4v) is 1.83. The third kappa shape index (κ3) is 2.55. The zero-order chi connectivity index (χ0) is 12.4. The van der Waals surface area contributed by atoms with Crippen molar-refractivity contribution in [3.63, 3.8) is 0 Å². The third-order valence-electron chi connectivity index (χ3n) is 2.78. The number of aromatic nitrogens is 2. The van der Waals surface area contributed by atoms with E-state index in [9.17, 15) is 9.59 Å². The van der Waals surface area contributed by atoms with Gasteiger partial charge in [-0.15, -0.1) is 0 Å². The van der Waals surface area contributed by atoms with Crippen LogP contribution in [0.15, 0.2) is 12.4 Å². The zero-order valence-electron chi connectivity index (χ0n) is 9.46. The molecule has 1 unspecified atom stereocenters. The van der Waals surface area contributed by atoms with Crippen molar-refractivity contribution in [1.82, 2.24) is 14.7 Å². The van der Waals surface area contributed by atoms with Crippen LogP contribution in [0.4, 0.5) is 10.5 Å². The number of amides is 2. The fourth-order valence-electron chi connectivity index (χ4n) is 1.83. The molecule has 0 aliphatic carbocycles. The Balaban J connectivity index is 1.91. The van der Waals surface area contributed by atoms with E-state index in [4.69, 9.17) is 5.11 Å². The molecule has 1 fully saturated rings. The van der Waals surface area contributed by atoms with E-state index in [0.29, 0.717) is 18.7 Å². The molecule has 2 amide bonds. The molecule has 7 heteroatoms. The Morgan fingerprint density at radius 2 is 2.35 bits per heavy atom. The number of nitrogens with zero attached hydrogens (tertiary/aromatic N) is 3. The first kappa shape index (κ1) is 11.4. The Morgan fingerprint density at radius 3 is 2.88 bits per heavy atom. The topological polar surface area (TPSA) is 87.5 Å². The molecule has 1 atom stereocenters. The molecule has 0 saturated carbocycles. The highest BCUT2D eigenvalue weighted by molar-refractivity contribution is 5.89. The number of hydrogen-bond acceptors (Lipinski definition) is 3. The third-order valence-corrected chi connectivity index (χ3v) is 2.78. The summed E-state index contributed by atoms with van der Waals surface area (Å²) in [7, 11) is 1.76. The number of aliphatic carboxylic acids is 1. The van der Waals surface area contributed by atoms with E-state index in [-0.39, 0.29) is 12.6 Å². The maximum atomic E-state index is 11.8. The summed E-state index contributed by atoms with van der Waals surface area (Å²) in [5.41, 5.74) is 0.608. The van der Waals surface area contributed by atoms with E-state index in [1.54, 1.807) is 24.1 Å². The summed E-state index contributed by atoms with van der Waals surface area (Å²) >= 11 is 0. The highest BCUT2D eigenvalue weighted by Crippen LogP contribution is 2.17. The second-order valence-electron chi connectivity index (χ2n) is 4.10. The van der Waals surface area contributed by atoms with E-state index in [1.807, 2.05) is 0 Å². The molecule has 2 N–H and O–H groups in total. The molecule has 1 aliphatic rings. The average molecular weight is 238 g/mol. The molecule has 0 aromatic carbocycles. The first-order valence-electron chi connectivity index (χ1n) is 5.33. The molecule has 2 rings (SSSR count). The van der Waals surface area contributed by atoms with Crippen LogP contribution in [0.2, 0.25) is 0 Å². The predicted octanol–water partition coefficient (Wildman–Crippen LogP) is 0.358. The van der Waals surface area contributed by atoms with Crippen LogP contribution in [0, 0.1) is 5.92 Å². The summed E-state index contributed by atoms with van der Waals surface area (Å²) in [6, 6.07) is -0.276. The second-order valence-corrected chi connectivity index (χ2v) is 4.10. The van der Waals surface area contributed by atoms with Gasteiger partial charge in [0.25, 0.3) is 0 Å². The van der Waals surface area contributed by atoms with Crippen LogP contribution in [0.3, 0.4) is 0 Å². The Labute approximate surface area is 98.0 Å². The lowest BCUT2D eigenvalue weighted by Crippen LogP contribution is -2.33. The number of likely N-dealkylation sites (tertiary alicyclic amines) is 1. The van der Waals surface area contributed by atoms with Crippen LogP contribution in [0.5, 0.6) is 0 Å². The number of nitrogens with one attached hydrogen (secondary N) is 1. The van der Waals surface area contributed by atoms with Crippen molar-refractivity contribution in [3.05, 3.63) is 12.4 Å². The van der Waals surface area contributed by atoms with E-state index in [2.05, 4.69) is 10.4 Å². The molecular weight excluding hydrogens is 224 g/mol. The lowest BCUT2D eigenvalue weighted by atomic mass is 10.1. The van der Waals surface area contributed by atoms with E-state index >= 15 is 0 Å². The monoisotopic (exact) mass is 238 g/mol. The summed E-state index contributed by atoms with van der Waals surface area (Å²) in [5, 5.41) is 15.4. The molecule has 2 heterocycles. The zero-order valence-corrected chi connectivity index (χ0v) is 9.46. The van der Waals surface area contributed by atoms with Gasteiger partial charge in [0.2, 0.25) is 0 Å². The van der Waals surface area contributed by atoms with Gasteiger partial charge in [-0.3, -0.25) is 9.48 Å². The van der Waals surface area contributed by atoms with Crippen molar-refractivity contribution in [2.24, 2.45) is 13.0 Å². The highest BCUT2D eigenvalue weighted by atomic mass is 16.4.